The molecule has 0 saturated carbocycles. The molecule has 0 fully saturated rings. The van der Waals surface area contributed by atoms with E-state index in [9.17, 15) is 0 Å². The largest absolute Gasteiger partial charge is 0.383 e. The molecule has 1 spiro atoms. The van der Waals surface area contributed by atoms with Gasteiger partial charge >= 0.3 is 0 Å². The maximum absolute atomic E-state index is 6.60. The van der Waals surface area contributed by atoms with Gasteiger partial charge in [0.15, 0.2) is 5.84 Å². The van der Waals surface area contributed by atoms with Gasteiger partial charge in [-0.25, -0.2) is 4.99 Å². The normalized spacial score (nSPS) is 16.0. The second-order valence-electron chi connectivity index (χ2n) is 12.2. The Balaban J connectivity index is 1.39. The summed E-state index contributed by atoms with van der Waals surface area (Å²) in [7, 11) is 1.80. The van der Waals surface area contributed by atoms with Crippen molar-refractivity contribution in [2.45, 2.75) is 5.41 Å². The molecule has 4 heteroatoms. The molecule has 1 unspecified atom stereocenters. The van der Waals surface area contributed by atoms with Crippen molar-refractivity contribution in [3.8, 4) is 43.1 Å². The van der Waals surface area contributed by atoms with Crippen LogP contribution in [0.15, 0.2) is 168 Å². The molecule has 1 aromatic heterocycles. The molecule has 228 valence electrons. The molecule has 2 N–H and O–H groups in total. The van der Waals surface area contributed by atoms with Gasteiger partial charge in [-0.15, -0.1) is 11.3 Å². The van der Waals surface area contributed by atoms with E-state index in [1.807, 2.05) is 41.7 Å². The molecule has 0 bridgehead atoms. The van der Waals surface area contributed by atoms with E-state index in [0.717, 1.165) is 16.7 Å². The molecule has 2 aliphatic carbocycles. The van der Waals surface area contributed by atoms with Crippen molar-refractivity contribution in [2.75, 3.05) is 7.05 Å². The van der Waals surface area contributed by atoms with Crippen LogP contribution in [0.3, 0.4) is 0 Å². The first-order chi connectivity index (χ1) is 23.7. The van der Waals surface area contributed by atoms with Crippen LogP contribution in [0.4, 0.5) is 0 Å². The van der Waals surface area contributed by atoms with Crippen molar-refractivity contribution < 1.29 is 0 Å². The summed E-state index contributed by atoms with van der Waals surface area (Å²) < 4.78 is 0. The lowest BCUT2D eigenvalue weighted by molar-refractivity contribution is 0.798. The molecule has 0 aliphatic heterocycles. The number of nitrogens with zero attached hydrogens (tertiary/aromatic N) is 2. The lowest BCUT2D eigenvalue weighted by Crippen LogP contribution is -2.26. The molecule has 9 rings (SSSR count). The third-order valence-electron chi connectivity index (χ3n) is 9.77. The molecule has 2 aliphatic rings. The van der Waals surface area contributed by atoms with E-state index in [-0.39, 0.29) is 0 Å². The van der Waals surface area contributed by atoms with Gasteiger partial charge in [-0.1, -0.05) is 158 Å². The SMILES string of the molecule is CN=C(N=C(N)c1ccccc1)c1cccc2c1-c1ccccc1C21c2ccccc2-c2c(-c3ccccc3)sc(-c3ccccc3)c21. The van der Waals surface area contributed by atoms with Crippen LogP contribution in [0.1, 0.15) is 33.4 Å². The minimum Gasteiger partial charge on any atom is -0.383 e. The highest BCUT2D eigenvalue weighted by molar-refractivity contribution is 7.19. The standard InChI is InChI=1S/C44H31N3S/c1-46-43(47-42(45)30-20-9-4-10-21-30)33-24-15-27-36-37(33)31-22-11-13-25-34(31)44(36)35-26-14-12-23-32(35)38-39(44)41(29-18-7-3-8-19-29)48-40(38)28-16-5-2-6-17-28/h2-27H,1H3,(H2,45,46,47). The number of hydrogen-bond donors (Lipinski definition) is 1. The van der Waals surface area contributed by atoms with Crippen molar-refractivity contribution in [2.24, 2.45) is 15.7 Å². The molecule has 3 nitrogen and oxygen atoms in total. The number of rotatable bonds is 4. The van der Waals surface area contributed by atoms with Crippen molar-refractivity contribution in [1.29, 1.82) is 0 Å². The first-order valence-corrected chi connectivity index (χ1v) is 17.0. The Labute approximate surface area is 284 Å². The number of aliphatic imine (C=N–C) groups is 2. The third kappa shape index (κ3) is 3.99. The van der Waals surface area contributed by atoms with Crippen LogP contribution in [0.5, 0.6) is 0 Å². The predicted octanol–water partition coefficient (Wildman–Crippen LogP) is 10.2. The first kappa shape index (κ1) is 28.4. The summed E-state index contributed by atoms with van der Waals surface area (Å²) >= 11 is 1.90. The van der Waals surface area contributed by atoms with E-state index in [1.165, 1.54) is 59.8 Å². The fourth-order valence-corrected chi connectivity index (χ4v) is 9.27. The number of fused-ring (bicyclic) bond motifs is 10. The van der Waals surface area contributed by atoms with E-state index in [4.69, 9.17) is 15.7 Å². The van der Waals surface area contributed by atoms with Gasteiger partial charge in [-0.05, 0) is 50.1 Å². The summed E-state index contributed by atoms with van der Waals surface area (Å²) in [5, 5.41) is 0. The van der Waals surface area contributed by atoms with E-state index >= 15 is 0 Å². The smallest absolute Gasteiger partial charge is 0.157 e. The summed E-state index contributed by atoms with van der Waals surface area (Å²) in [6.45, 7) is 0. The van der Waals surface area contributed by atoms with Gasteiger partial charge in [0.05, 0.1) is 5.41 Å². The zero-order chi connectivity index (χ0) is 32.2. The summed E-state index contributed by atoms with van der Waals surface area (Å²) in [5.41, 5.74) is 20.5. The Morgan fingerprint density at radius 3 is 1.69 bits per heavy atom. The third-order valence-corrected chi connectivity index (χ3v) is 11.1. The average molecular weight is 634 g/mol. The number of nitrogens with two attached hydrogens (primary N) is 1. The van der Waals surface area contributed by atoms with E-state index in [2.05, 4.69) is 127 Å². The molecule has 0 amide bonds. The fourth-order valence-electron chi connectivity index (χ4n) is 7.89. The van der Waals surface area contributed by atoms with Crippen molar-refractivity contribution in [1.82, 2.24) is 0 Å². The van der Waals surface area contributed by atoms with Gasteiger partial charge in [0, 0.05) is 33.5 Å². The van der Waals surface area contributed by atoms with Crippen LogP contribution in [0.25, 0.3) is 43.1 Å². The summed E-state index contributed by atoms with van der Waals surface area (Å²) in [6, 6.07) is 56.2. The van der Waals surface area contributed by atoms with Crippen molar-refractivity contribution >= 4 is 23.0 Å². The Morgan fingerprint density at radius 2 is 1.06 bits per heavy atom. The lowest BCUT2D eigenvalue weighted by Gasteiger charge is -2.31. The van der Waals surface area contributed by atoms with Crippen LogP contribution >= 0.6 is 11.3 Å². The zero-order valence-corrected chi connectivity index (χ0v) is 27.2. The molecule has 1 atom stereocenters. The highest BCUT2D eigenvalue weighted by Gasteiger charge is 2.55. The number of benzene rings is 6. The van der Waals surface area contributed by atoms with Gasteiger partial charge in [-0.2, -0.15) is 0 Å². The Kier molecular flexibility index (Phi) is 6.59. The van der Waals surface area contributed by atoms with E-state index in [0.29, 0.717) is 11.7 Å². The molecular formula is C44H31N3S. The van der Waals surface area contributed by atoms with Crippen molar-refractivity contribution in [3.05, 3.63) is 191 Å². The van der Waals surface area contributed by atoms with E-state index < -0.39 is 5.41 Å². The van der Waals surface area contributed by atoms with Crippen LogP contribution in [0.2, 0.25) is 0 Å². The molecule has 48 heavy (non-hydrogen) atoms. The Bertz CT molecular complexity index is 2410. The number of hydrogen-bond acceptors (Lipinski definition) is 2. The highest BCUT2D eigenvalue weighted by atomic mass is 32.1. The van der Waals surface area contributed by atoms with Crippen molar-refractivity contribution in [3.63, 3.8) is 0 Å². The monoisotopic (exact) mass is 633 g/mol. The predicted molar refractivity (Wildman–Crippen MR) is 201 cm³/mol. The zero-order valence-electron chi connectivity index (χ0n) is 26.4. The molecular weight excluding hydrogens is 603 g/mol. The summed E-state index contributed by atoms with van der Waals surface area (Å²) in [4.78, 5) is 12.3. The molecule has 0 saturated heterocycles. The lowest BCUT2D eigenvalue weighted by atomic mass is 9.70. The molecule has 1 heterocycles. The Morgan fingerprint density at radius 1 is 0.542 bits per heavy atom. The topological polar surface area (TPSA) is 50.7 Å². The minimum atomic E-state index is -0.532. The first-order valence-electron chi connectivity index (χ1n) is 16.2. The summed E-state index contributed by atoms with van der Waals surface area (Å²) in [6.07, 6.45) is 0. The van der Waals surface area contributed by atoms with Gasteiger partial charge < -0.3 is 5.73 Å². The second-order valence-corrected chi connectivity index (χ2v) is 13.2. The van der Waals surface area contributed by atoms with Gasteiger partial charge in [0.25, 0.3) is 0 Å². The highest BCUT2D eigenvalue weighted by Crippen LogP contribution is 2.68. The maximum Gasteiger partial charge on any atom is 0.157 e. The van der Waals surface area contributed by atoms with Gasteiger partial charge in [0.1, 0.15) is 5.84 Å². The quantitative estimate of drug-likeness (QED) is 0.152. The minimum absolute atomic E-state index is 0.444. The van der Waals surface area contributed by atoms with Crippen LogP contribution in [0, 0.1) is 0 Å². The number of thiophene rings is 1. The molecule has 7 aromatic rings. The molecule has 0 radical (unpaired) electrons. The molecule has 6 aromatic carbocycles. The van der Waals surface area contributed by atoms with Crippen LogP contribution in [-0.2, 0) is 5.41 Å². The summed E-state index contributed by atoms with van der Waals surface area (Å²) in [5.74, 6) is 1.06. The van der Waals surface area contributed by atoms with Gasteiger partial charge in [-0.3, -0.25) is 4.99 Å². The van der Waals surface area contributed by atoms with E-state index in [1.54, 1.807) is 7.05 Å². The maximum atomic E-state index is 6.60. The average Bonchev–Trinajstić information content (AvgIpc) is 3.80. The fraction of sp³-hybridized carbons (Fsp3) is 0.0455. The van der Waals surface area contributed by atoms with Crippen LogP contribution in [-0.4, -0.2) is 18.7 Å². The number of amidine groups is 2. The second kappa shape index (κ2) is 11.2. The van der Waals surface area contributed by atoms with Gasteiger partial charge in [0.2, 0.25) is 0 Å². The van der Waals surface area contributed by atoms with Crippen LogP contribution < -0.4 is 5.73 Å². The Hall–Kier alpha value is -5.84.